The fourth-order valence-electron chi connectivity index (χ4n) is 2.19. The third-order valence-corrected chi connectivity index (χ3v) is 3.21. The highest BCUT2D eigenvalue weighted by molar-refractivity contribution is 5.18. The number of rotatable bonds is 5. The summed E-state index contributed by atoms with van der Waals surface area (Å²) in [6, 6.07) is 3.59. The van der Waals surface area contributed by atoms with Crippen molar-refractivity contribution in [3.8, 4) is 0 Å². The molecule has 1 aromatic carbocycles. The maximum Gasteiger partial charge on any atom is 0.130 e. The lowest BCUT2D eigenvalue weighted by molar-refractivity contribution is -0.147. The zero-order valence-corrected chi connectivity index (χ0v) is 10.3. The van der Waals surface area contributed by atoms with Gasteiger partial charge in [0.1, 0.15) is 11.6 Å². The molecule has 0 saturated carbocycles. The number of ether oxygens (including phenoxy) is 1. The summed E-state index contributed by atoms with van der Waals surface area (Å²) in [7, 11) is 1.85. The fourth-order valence-corrected chi connectivity index (χ4v) is 2.19. The fraction of sp³-hybridized carbons (Fsp3) is 0.538. The molecule has 1 N–H and O–H groups in total. The number of halogens is 2. The van der Waals surface area contributed by atoms with Crippen LogP contribution in [0.4, 0.5) is 8.78 Å². The standard InChI is InChI=1S/C13H17F2NO2/c1-16(6-13(7-17)8-18-9-13)5-10-2-3-11(14)4-12(10)15/h2-4,17H,5-9H2,1H3. The van der Waals surface area contributed by atoms with Crippen LogP contribution in [-0.2, 0) is 11.3 Å². The summed E-state index contributed by atoms with van der Waals surface area (Å²) in [6.45, 7) is 2.12. The lowest BCUT2D eigenvalue weighted by atomic mass is 9.86. The van der Waals surface area contributed by atoms with Gasteiger partial charge in [-0.3, -0.25) is 0 Å². The highest BCUT2D eigenvalue weighted by Gasteiger charge is 2.38. The Bertz CT molecular complexity index is 416. The van der Waals surface area contributed by atoms with Crippen molar-refractivity contribution in [3.05, 3.63) is 35.4 Å². The Kier molecular flexibility index (Phi) is 3.94. The molecule has 1 aliphatic rings. The van der Waals surface area contributed by atoms with Crippen LogP contribution < -0.4 is 0 Å². The van der Waals surface area contributed by atoms with Gasteiger partial charge in [0.2, 0.25) is 0 Å². The highest BCUT2D eigenvalue weighted by atomic mass is 19.1. The van der Waals surface area contributed by atoms with Crippen LogP contribution in [0.1, 0.15) is 5.56 Å². The quantitative estimate of drug-likeness (QED) is 0.865. The van der Waals surface area contributed by atoms with Gasteiger partial charge in [-0.25, -0.2) is 8.78 Å². The summed E-state index contributed by atoms with van der Waals surface area (Å²) < 4.78 is 31.4. The second kappa shape index (κ2) is 5.30. The maximum atomic E-state index is 13.5. The zero-order chi connectivity index (χ0) is 13.2. The van der Waals surface area contributed by atoms with Crippen molar-refractivity contribution >= 4 is 0 Å². The van der Waals surface area contributed by atoms with E-state index in [0.717, 1.165) is 6.07 Å². The Morgan fingerprint density at radius 2 is 2.11 bits per heavy atom. The number of nitrogens with zero attached hydrogens (tertiary/aromatic N) is 1. The van der Waals surface area contributed by atoms with E-state index in [1.54, 1.807) is 0 Å². The summed E-state index contributed by atoms with van der Waals surface area (Å²) in [4.78, 5) is 1.91. The van der Waals surface area contributed by atoms with Crippen LogP contribution in [0.25, 0.3) is 0 Å². The number of aliphatic hydroxyl groups excluding tert-OH is 1. The molecule has 0 aliphatic carbocycles. The molecule has 1 saturated heterocycles. The van der Waals surface area contributed by atoms with Crippen molar-refractivity contribution < 1.29 is 18.6 Å². The average Bonchev–Trinajstić information content (AvgIpc) is 2.27. The highest BCUT2D eigenvalue weighted by Crippen LogP contribution is 2.28. The predicted octanol–water partition coefficient (Wildman–Crippen LogP) is 1.41. The summed E-state index contributed by atoms with van der Waals surface area (Å²) in [5, 5.41) is 9.31. The molecule has 1 heterocycles. The predicted molar refractivity (Wildman–Crippen MR) is 63.0 cm³/mol. The minimum absolute atomic E-state index is 0.0588. The van der Waals surface area contributed by atoms with E-state index in [0.29, 0.717) is 31.9 Å². The van der Waals surface area contributed by atoms with Gasteiger partial charge in [-0.1, -0.05) is 6.07 Å². The van der Waals surface area contributed by atoms with Gasteiger partial charge in [-0.05, 0) is 13.1 Å². The topological polar surface area (TPSA) is 32.7 Å². The molecule has 5 heteroatoms. The van der Waals surface area contributed by atoms with E-state index < -0.39 is 11.6 Å². The van der Waals surface area contributed by atoms with E-state index in [2.05, 4.69) is 0 Å². The monoisotopic (exact) mass is 257 g/mol. The van der Waals surface area contributed by atoms with Crippen LogP contribution >= 0.6 is 0 Å². The van der Waals surface area contributed by atoms with Gasteiger partial charge in [0, 0.05) is 24.7 Å². The van der Waals surface area contributed by atoms with E-state index in [1.807, 2.05) is 11.9 Å². The first kappa shape index (κ1) is 13.4. The van der Waals surface area contributed by atoms with Crippen molar-refractivity contribution in [3.63, 3.8) is 0 Å². The van der Waals surface area contributed by atoms with Crippen molar-refractivity contribution in [2.24, 2.45) is 5.41 Å². The first-order valence-electron chi connectivity index (χ1n) is 5.86. The smallest absolute Gasteiger partial charge is 0.130 e. The van der Waals surface area contributed by atoms with Crippen LogP contribution in [0, 0.1) is 17.0 Å². The van der Waals surface area contributed by atoms with Crippen molar-refractivity contribution in [2.75, 3.05) is 33.4 Å². The zero-order valence-electron chi connectivity index (χ0n) is 10.3. The lowest BCUT2D eigenvalue weighted by Crippen LogP contribution is -2.52. The summed E-state index contributed by atoms with van der Waals surface area (Å²) in [5.74, 6) is -1.11. The van der Waals surface area contributed by atoms with Crippen LogP contribution in [0.5, 0.6) is 0 Å². The van der Waals surface area contributed by atoms with Gasteiger partial charge in [-0.2, -0.15) is 0 Å². The van der Waals surface area contributed by atoms with Crippen molar-refractivity contribution in [2.45, 2.75) is 6.54 Å². The second-order valence-electron chi connectivity index (χ2n) is 5.06. The molecule has 100 valence electrons. The number of hydrogen-bond donors (Lipinski definition) is 1. The van der Waals surface area contributed by atoms with Crippen LogP contribution in [-0.4, -0.2) is 43.4 Å². The molecule has 0 bridgehead atoms. The Hall–Kier alpha value is -1.04. The van der Waals surface area contributed by atoms with E-state index in [9.17, 15) is 13.9 Å². The van der Waals surface area contributed by atoms with Crippen LogP contribution in [0.2, 0.25) is 0 Å². The number of benzene rings is 1. The van der Waals surface area contributed by atoms with Gasteiger partial charge in [0.25, 0.3) is 0 Å². The van der Waals surface area contributed by atoms with Gasteiger partial charge in [0.15, 0.2) is 0 Å². The van der Waals surface area contributed by atoms with Crippen LogP contribution in [0.3, 0.4) is 0 Å². The molecule has 2 rings (SSSR count). The Balaban J connectivity index is 1.96. The van der Waals surface area contributed by atoms with Gasteiger partial charge in [0.05, 0.1) is 25.2 Å². The molecule has 18 heavy (non-hydrogen) atoms. The molecule has 0 radical (unpaired) electrons. The molecule has 1 aromatic rings. The van der Waals surface area contributed by atoms with E-state index in [-0.39, 0.29) is 12.0 Å². The summed E-state index contributed by atoms with van der Waals surface area (Å²) in [5.41, 5.74) is 0.220. The average molecular weight is 257 g/mol. The molecular weight excluding hydrogens is 240 g/mol. The van der Waals surface area contributed by atoms with E-state index in [1.165, 1.54) is 12.1 Å². The van der Waals surface area contributed by atoms with Crippen molar-refractivity contribution in [1.29, 1.82) is 0 Å². The lowest BCUT2D eigenvalue weighted by Gasteiger charge is -2.42. The maximum absolute atomic E-state index is 13.5. The molecular formula is C13H17F2NO2. The molecule has 0 amide bonds. The largest absolute Gasteiger partial charge is 0.396 e. The summed E-state index contributed by atoms with van der Waals surface area (Å²) >= 11 is 0. The number of hydrogen-bond acceptors (Lipinski definition) is 3. The molecule has 3 nitrogen and oxygen atoms in total. The molecule has 1 fully saturated rings. The molecule has 1 aliphatic heterocycles. The third-order valence-electron chi connectivity index (χ3n) is 3.21. The molecule has 0 spiro atoms. The number of aliphatic hydroxyl groups is 1. The summed E-state index contributed by atoms with van der Waals surface area (Å²) in [6.07, 6.45) is 0. The molecule has 0 unspecified atom stereocenters. The normalized spacial score (nSPS) is 17.8. The van der Waals surface area contributed by atoms with Gasteiger partial charge >= 0.3 is 0 Å². The first-order chi connectivity index (χ1) is 8.54. The first-order valence-corrected chi connectivity index (χ1v) is 5.86. The Morgan fingerprint density at radius 3 is 2.61 bits per heavy atom. The van der Waals surface area contributed by atoms with Gasteiger partial charge < -0.3 is 14.7 Å². The second-order valence-corrected chi connectivity index (χ2v) is 5.06. The SMILES string of the molecule is CN(Cc1ccc(F)cc1F)CC1(CO)COC1. The minimum atomic E-state index is -0.571. The van der Waals surface area contributed by atoms with Crippen LogP contribution in [0.15, 0.2) is 18.2 Å². The van der Waals surface area contributed by atoms with Crippen molar-refractivity contribution in [1.82, 2.24) is 4.90 Å². The minimum Gasteiger partial charge on any atom is -0.396 e. The molecule has 0 aromatic heterocycles. The van der Waals surface area contributed by atoms with Gasteiger partial charge in [-0.15, -0.1) is 0 Å². The Labute approximate surface area is 105 Å². The van der Waals surface area contributed by atoms with E-state index in [4.69, 9.17) is 4.74 Å². The Morgan fingerprint density at radius 1 is 1.39 bits per heavy atom. The molecule has 0 atom stereocenters. The third kappa shape index (κ3) is 2.85. The van der Waals surface area contributed by atoms with E-state index >= 15 is 0 Å².